The van der Waals surface area contributed by atoms with Crippen LogP contribution in [-0.2, 0) is 0 Å². The predicted molar refractivity (Wildman–Crippen MR) is 84.2 cm³/mol. The Hall–Kier alpha value is -2.13. The summed E-state index contributed by atoms with van der Waals surface area (Å²) in [6.45, 7) is 2.64. The van der Waals surface area contributed by atoms with E-state index in [2.05, 4.69) is 10.3 Å². The first-order chi connectivity index (χ1) is 10.2. The van der Waals surface area contributed by atoms with E-state index in [9.17, 15) is 4.39 Å². The van der Waals surface area contributed by atoms with Crippen molar-refractivity contribution >= 4 is 22.7 Å². The summed E-state index contributed by atoms with van der Waals surface area (Å²) in [6, 6.07) is 10.6. The Morgan fingerprint density at radius 3 is 2.67 bits per heavy atom. The third-order valence-corrected chi connectivity index (χ3v) is 3.72. The lowest BCUT2D eigenvalue weighted by molar-refractivity contribution is 0.617. The maximum Gasteiger partial charge on any atom is 0.149 e. The van der Waals surface area contributed by atoms with Crippen LogP contribution in [-0.4, -0.2) is 11.5 Å². The number of rotatable bonds is 2. The number of hydrogen-bond acceptors (Lipinski definition) is 2. The number of nitrogens with one attached hydrogen (secondary N) is 1. The lowest BCUT2D eigenvalue weighted by atomic mass is 9.91. The lowest BCUT2D eigenvalue weighted by Gasteiger charge is -2.22. The summed E-state index contributed by atoms with van der Waals surface area (Å²) in [5.74, 6) is -0.315. The highest BCUT2D eigenvalue weighted by Crippen LogP contribution is 2.35. The molecule has 4 heteroatoms. The number of dihydropyridines is 1. The van der Waals surface area contributed by atoms with Crippen LogP contribution in [0.25, 0.3) is 11.1 Å². The standard InChI is InChI=1S/C17H14ClFN2/c1-11-16(12-4-6-13(18)7-5-12)14(8-10-20-11)17-15(19)3-2-9-21-17/h2-9,20H,10H2,1H3. The molecule has 1 aliphatic heterocycles. The topological polar surface area (TPSA) is 24.9 Å². The monoisotopic (exact) mass is 300 g/mol. The minimum Gasteiger partial charge on any atom is -0.385 e. The van der Waals surface area contributed by atoms with Crippen LogP contribution >= 0.6 is 11.6 Å². The average Bonchev–Trinajstić information content (AvgIpc) is 2.49. The predicted octanol–water partition coefficient (Wildman–Crippen LogP) is 4.29. The first-order valence-corrected chi connectivity index (χ1v) is 7.06. The Kier molecular flexibility index (Phi) is 3.76. The summed E-state index contributed by atoms with van der Waals surface area (Å²) >= 11 is 5.95. The maximum absolute atomic E-state index is 14.1. The number of halogens is 2. The molecule has 0 fully saturated rings. The molecule has 0 radical (unpaired) electrons. The molecule has 0 unspecified atom stereocenters. The molecule has 21 heavy (non-hydrogen) atoms. The quantitative estimate of drug-likeness (QED) is 0.895. The normalized spacial score (nSPS) is 14.7. The molecule has 0 spiro atoms. The fourth-order valence-electron chi connectivity index (χ4n) is 2.49. The summed E-state index contributed by atoms with van der Waals surface area (Å²) < 4.78 is 14.1. The molecule has 0 saturated carbocycles. The minimum atomic E-state index is -0.315. The van der Waals surface area contributed by atoms with Gasteiger partial charge in [-0.05, 0) is 36.8 Å². The van der Waals surface area contributed by atoms with Gasteiger partial charge in [0.15, 0.2) is 0 Å². The highest BCUT2D eigenvalue weighted by molar-refractivity contribution is 6.30. The van der Waals surface area contributed by atoms with Gasteiger partial charge in [0.05, 0.1) is 0 Å². The van der Waals surface area contributed by atoms with Gasteiger partial charge in [-0.15, -0.1) is 0 Å². The molecule has 3 rings (SSSR count). The highest BCUT2D eigenvalue weighted by Gasteiger charge is 2.20. The Bertz CT molecular complexity index is 733. The van der Waals surface area contributed by atoms with Crippen molar-refractivity contribution < 1.29 is 4.39 Å². The molecular formula is C17H14ClFN2. The molecule has 0 atom stereocenters. The Labute approximate surface area is 128 Å². The molecule has 2 aromatic rings. The number of aromatic nitrogens is 1. The molecule has 2 nitrogen and oxygen atoms in total. The van der Waals surface area contributed by atoms with Gasteiger partial charge >= 0.3 is 0 Å². The third-order valence-electron chi connectivity index (χ3n) is 3.46. The molecule has 1 aromatic heterocycles. The zero-order valence-corrected chi connectivity index (χ0v) is 12.3. The number of hydrogen-bond donors (Lipinski definition) is 1. The second-order valence-electron chi connectivity index (χ2n) is 4.84. The molecule has 1 aliphatic rings. The molecule has 2 heterocycles. The average molecular weight is 301 g/mol. The van der Waals surface area contributed by atoms with Gasteiger partial charge in [-0.25, -0.2) is 4.39 Å². The zero-order chi connectivity index (χ0) is 14.8. The fourth-order valence-corrected chi connectivity index (χ4v) is 2.61. The molecule has 0 bridgehead atoms. The van der Waals surface area contributed by atoms with Crippen LogP contribution in [0.4, 0.5) is 4.39 Å². The highest BCUT2D eigenvalue weighted by atomic mass is 35.5. The van der Waals surface area contributed by atoms with Crippen LogP contribution in [0.15, 0.2) is 54.4 Å². The van der Waals surface area contributed by atoms with E-state index in [-0.39, 0.29) is 5.82 Å². The van der Waals surface area contributed by atoms with Crippen LogP contribution in [0.5, 0.6) is 0 Å². The van der Waals surface area contributed by atoms with Crippen molar-refractivity contribution in [1.29, 1.82) is 0 Å². The second-order valence-corrected chi connectivity index (χ2v) is 5.28. The van der Waals surface area contributed by atoms with Crippen molar-refractivity contribution in [2.24, 2.45) is 0 Å². The molecule has 0 amide bonds. The van der Waals surface area contributed by atoms with E-state index >= 15 is 0 Å². The van der Waals surface area contributed by atoms with Gasteiger partial charge in [0.1, 0.15) is 11.5 Å². The minimum absolute atomic E-state index is 0.315. The van der Waals surface area contributed by atoms with E-state index in [0.717, 1.165) is 22.4 Å². The number of nitrogens with zero attached hydrogens (tertiary/aromatic N) is 1. The number of allylic oxidation sites excluding steroid dienone is 3. The number of pyridine rings is 1. The van der Waals surface area contributed by atoms with Crippen LogP contribution in [0.2, 0.25) is 5.02 Å². The summed E-state index contributed by atoms with van der Waals surface area (Å²) in [7, 11) is 0. The third kappa shape index (κ3) is 2.69. The van der Waals surface area contributed by atoms with Gasteiger partial charge in [-0.2, -0.15) is 0 Å². The molecule has 1 aromatic carbocycles. The van der Waals surface area contributed by atoms with Gasteiger partial charge < -0.3 is 5.32 Å². The largest absolute Gasteiger partial charge is 0.385 e. The number of benzene rings is 1. The van der Waals surface area contributed by atoms with Gasteiger partial charge in [0.25, 0.3) is 0 Å². The lowest BCUT2D eigenvalue weighted by Crippen LogP contribution is -2.18. The summed E-state index contributed by atoms with van der Waals surface area (Å²) in [6.07, 6.45) is 3.57. The molecule has 0 saturated heterocycles. The van der Waals surface area contributed by atoms with Crippen molar-refractivity contribution in [2.75, 3.05) is 6.54 Å². The van der Waals surface area contributed by atoms with Crippen LogP contribution in [0, 0.1) is 5.82 Å². The molecule has 106 valence electrons. The van der Waals surface area contributed by atoms with Crippen molar-refractivity contribution in [1.82, 2.24) is 10.3 Å². The zero-order valence-electron chi connectivity index (χ0n) is 11.5. The van der Waals surface area contributed by atoms with Crippen molar-refractivity contribution in [3.63, 3.8) is 0 Å². The van der Waals surface area contributed by atoms with Gasteiger partial charge in [-0.3, -0.25) is 4.98 Å². The first-order valence-electron chi connectivity index (χ1n) is 6.69. The van der Waals surface area contributed by atoms with E-state index in [4.69, 9.17) is 11.6 Å². The van der Waals surface area contributed by atoms with E-state index < -0.39 is 0 Å². The molecule has 1 N–H and O–H groups in total. The first kappa shape index (κ1) is 13.8. The summed E-state index contributed by atoms with van der Waals surface area (Å²) in [5.41, 5.74) is 4.13. The molecular weight excluding hydrogens is 287 g/mol. The van der Waals surface area contributed by atoms with Crippen molar-refractivity contribution in [2.45, 2.75) is 6.92 Å². The smallest absolute Gasteiger partial charge is 0.149 e. The SMILES string of the molecule is CC1=C(c2ccc(Cl)cc2)C(c2ncccc2F)=CCN1. The van der Waals surface area contributed by atoms with E-state index in [1.165, 1.54) is 6.07 Å². The maximum atomic E-state index is 14.1. The molecule has 0 aliphatic carbocycles. The summed E-state index contributed by atoms with van der Waals surface area (Å²) in [5, 5.41) is 3.96. The van der Waals surface area contributed by atoms with E-state index in [1.54, 1.807) is 12.3 Å². The van der Waals surface area contributed by atoms with Crippen molar-refractivity contribution in [3.8, 4) is 0 Å². The van der Waals surface area contributed by atoms with Gasteiger partial charge in [0, 0.05) is 34.6 Å². The fraction of sp³-hybridized carbons (Fsp3) is 0.118. The van der Waals surface area contributed by atoms with E-state index in [1.807, 2.05) is 37.3 Å². The van der Waals surface area contributed by atoms with Crippen LogP contribution in [0.3, 0.4) is 0 Å². The Balaban J connectivity index is 2.13. The van der Waals surface area contributed by atoms with Crippen LogP contribution < -0.4 is 5.32 Å². The van der Waals surface area contributed by atoms with E-state index in [0.29, 0.717) is 17.3 Å². The van der Waals surface area contributed by atoms with Crippen LogP contribution in [0.1, 0.15) is 18.2 Å². The van der Waals surface area contributed by atoms with Crippen molar-refractivity contribution in [3.05, 3.63) is 76.5 Å². The Morgan fingerprint density at radius 2 is 1.95 bits per heavy atom. The van der Waals surface area contributed by atoms with Gasteiger partial charge in [-0.1, -0.05) is 29.8 Å². The Morgan fingerprint density at radius 1 is 1.19 bits per heavy atom. The second kappa shape index (κ2) is 5.70. The summed E-state index contributed by atoms with van der Waals surface area (Å²) in [4.78, 5) is 4.20. The van der Waals surface area contributed by atoms with Gasteiger partial charge in [0.2, 0.25) is 0 Å².